The Balaban J connectivity index is 1.45. The number of nitrogens with one attached hydrogen (secondary N) is 2. The van der Waals surface area contributed by atoms with E-state index in [0.717, 1.165) is 51.6 Å². The Morgan fingerprint density at radius 2 is 1.80 bits per heavy atom. The molecule has 6 nitrogen and oxygen atoms in total. The Bertz CT molecular complexity index is 1230. The third-order valence-electron chi connectivity index (χ3n) is 13.6. The number of amides is 1. The Morgan fingerprint density at radius 3 is 2.45 bits per heavy atom. The monoisotopic (exact) mass is 605 g/mol. The summed E-state index contributed by atoms with van der Waals surface area (Å²) in [6, 6.07) is 10.8. The zero-order valence-electron chi connectivity index (χ0n) is 28.7. The number of allylic oxidation sites excluding steroid dienone is 1. The van der Waals surface area contributed by atoms with Gasteiger partial charge in [-0.3, -0.25) is 9.59 Å². The van der Waals surface area contributed by atoms with Gasteiger partial charge < -0.3 is 20.6 Å². The molecule has 5 rings (SSSR count). The van der Waals surface area contributed by atoms with Gasteiger partial charge >= 0.3 is 0 Å². The fourth-order valence-electron chi connectivity index (χ4n) is 10.3. The molecular weight excluding hydrogens is 546 g/mol. The highest BCUT2D eigenvalue weighted by atomic mass is 16.3. The van der Waals surface area contributed by atoms with Gasteiger partial charge in [-0.05, 0) is 87.8 Å². The van der Waals surface area contributed by atoms with E-state index in [-0.39, 0.29) is 63.8 Å². The topological polar surface area (TPSA) is 81.7 Å². The third-order valence-corrected chi connectivity index (χ3v) is 13.6. The summed E-state index contributed by atoms with van der Waals surface area (Å²) in [6.07, 6.45) is 7.77. The molecule has 3 N–H and O–H groups in total. The van der Waals surface area contributed by atoms with E-state index in [4.69, 9.17) is 0 Å². The summed E-state index contributed by atoms with van der Waals surface area (Å²) < 4.78 is 0. The smallest absolute Gasteiger partial charge is 0.223 e. The maximum absolute atomic E-state index is 14.2. The summed E-state index contributed by atoms with van der Waals surface area (Å²) >= 11 is 0. The van der Waals surface area contributed by atoms with Crippen LogP contribution in [-0.4, -0.2) is 60.5 Å². The number of carbonyl (C=O) groups is 2. The molecule has 11 atom stereocenters. The minimum absolute atomic E-state index is 0.0118. The van der Waals surface area contributed by atoms with Crippen molar-refractivity contribution in [3.05, 3.63) is 47.5 Å². The van der Waals surface area contributed by atoms with Crippen LogP contribution in [0.4, 0.5) is 0 Å². The molecule has 244 valence electrons. The van der Waals surface area contributed by atoms with Gasteiger partial charge in [-0.1, -0.05) is 76.6 Å². The van der Waals surface area contributed by atoms with Crippen molar-refractivity contribution < 1.29 is 14.7 Å². The van der Waals surface area contributed by atoms with Gasteiger partial charge in [-0.25, -0.2) is 0 Å². The average Bonchev–Trinajstić information content (AvgIpc) is 3.09. The Labute approximate surface area is 266 Å². The van der Waals surface area contributed by atoms with Crippen LogP contribution in [-0.2, 0) is 16.1 Å². The number of Topliss-reactive ketones (excluding diaryl/α,β-unsaturated/α-hetero) is 1. The first kappa shape index (κ1) is 33.3. The Hall–Kier alpha value is -2.02. The first-order chi connectivity index (χ1) is 20.8. The molecule has 0 spiro atoms. The van der Waals surface area contributed by atoms with Crippen LogP contribution in [0.2, 0.25) is 0 Å². The molecule has 0 bridgehead atoms. The molecule has 3 fully saturated rings. The number of rotatable bonds is 9. The van der Waals surface area contributed by atoms with Crippen molar-refractivity contribution in [3.63, 3.8) is 0 Å². The van der Waals surface area contributed by atoms with Gasteiger partial charge in [0.25, 0.3) is 0 Å². The molecule has 3 saturated carbocycles. The van der Waals surface area contributed by atoms with Crippen molar-refractivity contribution in [1.29, 1.82) is 0 Å². The molecule has 1 aromatic rings. The second-order valence-corrected chi connectivity index (χ2v) is 16.0. The van der Waals surface area contributed by atoms with E-state index in [0.29, 0.717) is 12.2 Å². The average molecular weight is 606 g/mol. The van der Waals surface area contributed by atoms with Crippen LogP contribution in [0.3, 0.4) is 0 Å². The summed E-state index contributed by atoms with van der Waals surface area (Å²) in [5.41, 5.74) is 2.17. The zero-order chi connectivity index (χ0) is 32.0. The summed E-state index contributed by atoms with van der Waals surface area (Å²) in [6.45, 7) is 15.0. The van der Waals surface area contributed by atoms with E-state index in [2.05, 4.69) is 94.6 Å². The predicted octanol–water partition coefficient (Wildman–Crippen LogP) is 5.99. The third kappa shape index (κ3) is 5.62. The zero-order valence-corrected chi connectivity index (χ0v) is 28.7. The predicted molar refractivity (Wildman–Crippen MR) is 178 cm³/mol. The number of hydrogen-bond acceptors (Lipinski definition) is 5. The van der Waals surface area contributed by atoms with E-state index in [1.165, 1.54) is 11.1 Å². The molecule has 44 heavy (non-hydrogen) atoms. The van der Waals surface area contributed by atoms with Gasteiger partial charge in [0, 0.05) is 54.8 Å². The molecular formula is C38H59N3O3. The lowest BCUT2D eigenvalue weighted by Crippen LogP contribution is -2.56. The van der Waals surface area contributed by atoms with Crippen molar-refractivity contribution in [2.75, 3.05) is 20.6 Å². The first-order valence-corrected chi connectivity index (χ1v) is 17.4. The summed E-state index contributed by atoms with van der Waals surface area (Å²) in [5.74, 6) is 1.16. The van der Waals surface area contributed by atoms with Crippen LogP contribution in [0.15, 0.2) is 42.0 Å². The van der Waals surface area contributed by atoms with Gasteiger partial charge in [-0.2, -0.15) is 0 Å². The lowest BCUT2D eigenvalue weighted by Gasteiger charge is -2.56. The van der Waals surface area contributed by atoms with E-state index in [1.807, 2.05) is 13.0 Å². The standard InChI is InChI=1S/C38H59N3O3/c1-9-24(2)35(44)40-33-18-15-27-19-28-30(17-16-29(27)36(33,4)23-39-22-26-13-11-10-12-14-26)37(5)21-32(43)34(25(3)41(7)8)38(37,6)20-31(28)42/h10-15,24-25,28-30,32-34,39,43H,9,16-23H2,1-8H3,(H,40,44)/t24-,25-,28+,29+,30+,32+,33-,34-,36-,37-,38+/m0/s1. The summed E-state index contributed by atoms with van der Waals surface area (Å²) in [4.78, 5) is 29.7. The van der Waals surface area contributed by atoms with Crippen molar-refractivity contribution in [2.24, 2.45) is 45.8 Å². The highest BCUT2D eigenvalue weighted by molar-refractivity contribution is 5.84. The molecule has 4 aliphatic rings. The number of hydrogen-bond donors (Lipinski definition) is 3. The molecule has 1 amide bonds. The van der Waals surface area contributed by atoms with Crippen LogP contribution in [0.5, 0.6) is 0 Å². The van der Waals surface area contributed by atoms with Crippen LogP contribution in [0, 0.1) is 45.8 Å². The van der Waals surface area contributed by atoms with Gasteiger partial charge in [0.1, 0.15) is 5.78 Å². The van der Waals surface area contributed by atoms with E-state index in [9.17, 15) is 14.7 Å². The number of ketones is 1. The molecule has 0 saturated heterocycles. The molecule has 4 aliphatic carbocycles. The minimum atomic E-state index is -0.397. The molecule has 1 aromatic carbocycles. The molecule has 0 aromatic heterocycles. The van der Waals surface area contributed by atoms with Crippen LogP contribution in [0.1, 0.15) is 92.1 Å². The highest BCUT2D eigenvalue weighted by Gasteiger charge is 2.67. The SMILES string of the molecule is CC[C@H](C)C(=O)N[C@H]1CC=C2C[C@H]3C(=O)C[C@]4(C)[C@@H]([C@H](C)N(C)C)[C@H](O)C[C@@]4(C)[C@@H]3CC[C@H]2[C@]1(C)CNCc1ccccc1. The Kier molecular flexibility index (Phi) is 9.58. The molecule has 0 aliphatic heterocycles. The summed E-state index contributed by atoms with van der Waals surface area (Å²) in [7, 11) is 4.19. The number of carbonyl (C=O) groups excluding carboxylic acids is 2. The van der Waals surface area contributed by atoms with Crippen molar-refractivity contribution in [1.82, 2.24) is 15.5 Å². The van der Waals surface area contributed by atoms with E-state index < -0.39 is 6.10 Å². The second kappa shape index (κ2) is 12.6. The lowest BCUT2D eigenvalue weighted by atomic mass is 9.48. The number of fused-ring (bicyclic) bond motifs is 4. The van der Waals surface area contributed by atoms with Crippen LogP contribution in [0.25, 0.3) is 0 Å². The van der Waals surface area contributed by atoms with Gasteiger partial charge in [-0.15, -0.1) is 0 Å². The lowest BCUT2D eigenvalue weighted by molar-refractivity contribution is -0.147. The van der Waals surface area contributed by atoms with Gasteiger partial charge in [0.05, 0.1) is 6.10 Å². The maximum Gasteiger partial charge on any atom is 0.223 e. The van der Waals surface area contributed by atoms with Gasteiger partial charge in [0.15, 0.2) is 0 Å². The first-order valence-electron chi connectivity index (χ1n) is 17.4. The molecule has 6 heteroatoms. The normalized spacial score (nSPS) is 39.9. The van der Waals surface area contributed by atoms with E-state index in [1.54, 1.807) is 0 Å². The minimum Gasteiger partial charge on any atom is -0.393 e. The van der Waals surface area contributed by atoms with Gasteiger partial charge in [0.2, 0.25) is 5.91 Å². The van der Waals surface area contributed by atoms with Crippen molar-refractivity contribution in [3.8, 4) is 0 Å². The second-order valence-electron chi connectivity index (χ2n) is 16.0. The largest absolute Gasteiger partial charge is 0.393 e. The number of nitrogens with zero attached hydrogens (tertiary/aromatic N) is 1. The number of aliphatic hydroxyl groups excluding tert-OH is 1. The fraction of sp³-hybridized carbons (Fsp3) is 0.737. The molecule has 0 unspecified atom stereocenters. The maximum atomic E-state index is 14.2. The highest BCUT2D eigenvalue weighted by Crippen LogP contribution is 2.69. The quantitative estimate of drug-likeness (QED) is 0.301. The summed E-state index contributed by atoms with van der Waals surface area (Å²) in [5, 5.41) is 18.9. The van der Waals surface area contributed by atoms with Crippen molar-refractivity contribution in [2.45, 2.75) is 111 Å². The molecule has 0 heterocycles. The Morgan fingerprint density at radius 1 is 1.09 bits per heavy atom. The fourth-order valence-corrected chi connectivity index (χ4v) is 10.3. The number of aliphatic hydroxyl groups is 1. The van der Waals surface area contributed by atoms with Crippen LogP contribution < -0.4 is 10.6 Å². The number of benzene rings is 1. The van der Waals surface area contributed by atoms with Crippen LogP contribution >= 0.6 is 0 Å². The van der Waals surface area contributed by atoms with E-state index >= 15 is 0 Å². The van der Waals surface area contributed by atoms with Crippen molar-refractivity contribution >= 4 is 11.7 Å². The molecule has 0 radical (unpaired) electrons.